The number of likely N-dealkylation sites (N-methyl/N-ethyl adjacent to an activating group) is 1. The molecule has 0 aliphatic rings. The van der Waals surface area contributed by atoms with Crippen molar-refractivity contribution in [1.29, 1.82) is 0 Å². The van der Waals surface area contributed by atoms with Crippen LogP contribution in [0.1, 0.15) is 37.3 Å². The van der Waals surface area contributed by atoms with E-state index in [-0.39, 0.29) is 5.91 Å². The normalized spacial score (nSPS) is 10.3. The van der Waals surface area contributed by atoms with E-state index in [4.69, 9.17) is 4.74 Å². The van der Waals surface area contributed by atoms with Crippen molar-refractivity contribution in [2.24, 2.45) is 0 Å². The highest BCUT2D eigenvalue weighted by Crippen LogP contribution is 2.20. The molecule has 112 valence electrons. The van der Waals surface area contributed by atoms with E-state index in [0.29, 0.717) is 13.1 Å². The van der Waals surface area contributed by atoms with Crippen LogP contribution in [-0.2, 0) is 11.3 Å². The molecule has 4 nitrogen and oxygen atoms in total. The number of rotatable bonds is 9. The van der Waals surface area contributed by atoms with E-state index in [1.54, 1.807) is 7.05 Å². The molecular weight excluding hydrogens is 252 g/mol. The summed E-state index contributed by atoms with van der Waals surface area (Å²) in [5.74, 6) is 0.871. The molecule has 0 aromatic heterocycles. The zero-order valence-corrected chi connectivity index (χ0v) is 12.8. The van der Waals surface area contributed by atoms with Crippen LogP contribution in [0.3, 0.4) is 0 Å². The van der Waals surface area contributed by atoms with E-state index in [2.05, 4.69) is 17.6 Å². The zero-order chi connectivity index (χ0) is 14.8. The predicted octanol–water partition coefficient (Wildman–Crippen LogP) is 2.40. The quantitative estimate of drug-likeness (QED) is 0.682. The zero-order valence-electron chi connectivity index (χ0n) is 12.8. The van der Waals surface area contributed by atoms with Gasteiger partial charge in [-0.25, -0.2) is 0 Å². The van der Waals surface area contributed by atoms with Crippen LogP contribution < -0.4 is 15.4 Å². The average Bonchev–Trinajstić information content (AvgIpc) is 2.43. The summed E-state index contributed by atoms with van der Waals surface area (Å²) >= 11 is 0. The Morgan fingerprint density at radius 1 is 1.30 bits per heavy atom. The van der Waals surface area contributed by atoms with Gasteiger partial charge in [0.2, 0.25) is 5.91 Å². The minimum atomic E-state index is -0.00925. The molecule has 0 saturated heterocycles. The highest BCUT2D eigenvalue weighted by Gasteiger charge is 2.06. The first kappa shape index (κ1) is 16.5. The van der Waals surface area contributed by atoms with E-state index >= 15 is 0 Å². The van der Waals surface area contributed by atoms with Gasteiger partial charge in [0, 0.05) is 12.1 Å². The van der Waals surface area contributed by atoms with Crippen LogP contribution in [0.5, 0.6) is 5.75 Å². The maximum atomic E-state index is 11.5. The van der Waals surface area contributed by atoms with Gasteiger partial charge in [-0.3, -0.25) is 4.79 Å². The largest absolute Gasteiger partial charge is 0.493 e. The molecule has 0 heterocycles. The van der Waals surface area contributed by atoms with Gasteiger partial charge in [-0.15, -0.1) is 0 Å². The number of aryl methyl sites for hydroxylation is 1. The van der Waals surface area contributed by atoms with Crippen molar-refractivity contribution < 1.29 is 9.53 Å². The van der Waals surface area contributed by atoms with Gasteiger partial charge in [-0.1, -0.05) is 31.9 Å². The number of hydrogen-bond acceptors (Lipinski definition) is 3. The van der Waals surface area contributed by atoms with E-state index in [9.17, 15) is 4.79 Å². The second-order valence-corrected chi connectivity index (χ2v) is 4.97. The van der Waals surface area contributed by atoms with Crippen molar-refractivity contribution in [3.63, 3.8) is 0 Å². The molecule has 0 aliphatic carbocycles. The lowest BCUT2D eigenvalue weighted by molar-refractivity contribution is -0.120. The third kappa shape index (κ3) is 6.06. The van der Waals surface area contributed by atoms with Gasteiger partial charge < -0.3 is 15.4 Å². The summed E-state index contributed by atoms with van der Waals surface area (Å²) < 4.78 is 5.85. The molecule has 4 heteroatoms. The van der Waals surface area contributed by atoms with Crippen LogP contribution in [0.15, 0.2) is 18.2 Å². The van der Waals surface area contributed by atoms with E-state index in [0.717, 1.165) is 24.3 Å². The minimum Gasteiger partial charge on any atom is -0.493 e. The molecule has 0 aliphatic heterocycles. The number of carbonyl (C=O) groups is 1. The van der Waals surface area contributed by atoms with Gasteiger partial charge in [0.15, 0.2) is 0 Å². The SMILES string of the molecule is CCCCCOc1cc(C)ccc1CNC(=O)CNC. The number of nitrogens with one attached hydrogen (secondary N) is 2. The summed E-state index contributed by atoms with van der Waals surface area (Å²) in [6.45, 7) is 5.79. The highest BCUT2D eigenvalue weighted by molar-refractivity contribution is 5.78. The fraction of sp³-hybridized carbons (Fsp3) is 0.562. The third-order valence-corrected chi connectivity index (χ3v) is 3.04. The van der Waals surface area contributed by atoms with Gasteiger partial charge in [0.05, 0.1) is 13.2 Å². The van der Waals surface area contributed by atoms with Gasteiger partial charge in [-0.05, 0) is 32.0 Å². The molecular formula is C16H26N2O2. The summed E-state index contributed by atoms with van der Waals surface area (Å²) in [4.78, 5) is 11.5. The van der Waals surface area contributed by atoms with Crippen LogP contribution in [0.2, 0.25) is 0 Å². The van der Waals surface area contributed by atoms with Crippen molar-refractivity contribution in [2.75, 3.05) is 20.2 Å². The summed E-state index contributed by atoms with van der Waals surface area (Å²) in [5, 5.41) is 5.71. The van der Waals surface area contributed by atoms with Gasteiger partial charge >= 0.3 is 0 Å². The smallest absolute Gasteiger partial charge is 0.234 e. The van der Waals surface area contributed by atoms with E-state index in [1.807, 2.05) is 25.1 Å². The Hall–Kier alpha value is -1.55. The number of hydrogen-bond donors (Lipinski definition) is 2. The predicted molar refractivity (Wildman–Crippen MR) is 82.0 cm³/mol. The molecule has 0 radical (unpaired) electrons. The maximum Gasteiger partial charge on any atom is 0.234 e. The first-order valence-electron chi connectivity index (χ1n) is 7.31. The Morgan fingerprint density at radius 2 is 2.10 bits per heavy atom. The minimum absolute atomic E-state index is 0.00925. The highest BCUT2D eigenvalue weighted by atomic mass is 16.5. The number of benzene rings is 1. The number of ether oxygens (including phenoxy) is 1. The molecule has 20 heavy (non-hydrogen) atoms. The van der Waals surface area contributed by atoms with Crippen LogP contribution in [-0.4, -0.2) is 26.1 Å². The molecule has 1 aromatic carbocycles. The molecule has 1 rings (SSSR count). The topological polar surface area (TPSA) is 50.4 Å². The third-order valence-electron chi connectivity index (χ3n) is 3.04. The molecule has 1 amide bonds. The summed E-state index contributed by atoms with van der Waals surface area (Å²) in [6, 6.07) is 6.09. The lowest BCUT2D eigenvalue weighted by Crippen LogP contribution is -2.31. The Morgan fingerprint density at radius 3 is 2.80 bits per heavy atom. The molecule has 0 fully saturated rings. The molecule has 2 N–H and O–H groups in total. The number of amides is 1. The molecule has 0 unspecified atom stereocenters. The van der Waals surface area contributed by atoms with Crippen LogP contribution in [0.4, 0.5) is 0 Å². The first-order chi connectivity index (χ1) is 9.67. The molecule has 1 aromatic rings. The van der Waals surface area contributed by atoms with Crippen molar-refractivity contribution in [2.45, 2.75) is 39.7 Å². The fourth-order valence-electron chi connectivity index (χ4n) is 1.89. The van der Waals surface area contributed by atoms with Gasteiger partial charge in [0.1, 0.15) is 5.75 Å². The second kappa shape index (κ2) is 9.37. The average molecular weight is 278 g/mol. The first-order valence-corrected chi connectivity index (χ1v) is 7.31. The Kier molecular flexibility index (Phi) is 7.73. The van der Waals surface area contributed by atoms with Crippen molar-refractivity contribution in [3.05, 3.63) is 29.3 Å². The lowest BCUT2D eigenvalue weighted by atomic mass is 10.1. The molecule has 0 bridgehead atoms. The van der Waals surface area contributed by atoms with Crippen LogP contribution in [0.25, 0.3) is 0 Å². The molecule has 0 atom stereocenters. The number of carbonyl (C=O) groups excluding carboxylic acids is 1. The van der Waals surface area contributed by atoms with E-state index < -0.39 is 0 Å². The Bertz CT molecular complexity index is 419. The summed E-state index contributed by atoms with van der Waals surface area (Å²) in [6.07, 6.45) is 3.43. The number of unbranched alkanes of at least 4 members (excludes halogenated alkanes) is 2. The standard InChI is InChI=1S/C16H26N2O2/c1-4-5-6-9-20-15-10-13(2)7-8-14(15)11-18-16(19)12-17-3/h7-8,10,17H,4-6,9,11-12H2,1-3H3,(H,18,19). The maximum absolute atomic E-state index is 11.5. The van der Waals surface area contributed by atoms with Gasteiger partial charge in [-0.2, -0.15) is 0 Å². The van der Waals surface area contributed by atoms with Crippen LogP contribution in [0, 0.1) is 6.92 Å². The second-order valence-electron chi connectivity index (χ2n) is 4.97. The Balaban J connectivity index is 2.57. The van der Waals surface area contributed by atoms with Crippen molar-refractivity contribution >= 4 is 5.91 Å². The Labute approximate surface area is 121 Å². The van der Waals surface area contributed by atoms with Crippen LogP contribution >= 0.6 is 0 Å². The van der Waals surface area contributed by atoms with Gasteiger partial charge in [0.25, 0.3) is 0 Å². The molecule has 0 spiro atoms. The lowest BCUT2D eigenvalue weighted by Gasteiger charge is -2.13. The van der Waals surface area contributed by atoms with E-state index in [1.165, 1.54) is 18.4 Å². The van der Waals surface area contributed by atoms with Crippen molar-refractivity contribution in [1.82, 2.24) is 10.6 Å². The fourth-order valence-corrected chi connectivity index (χ4v) is 1.89. The van der Waals surface area contributed by atoms with Crippen molar-refractivity contribution in [3.8, 4) is 5.75 Å². The summed E-state index contributed by atoms with van der Waals surface area (Å²) in [5.41, 5.74) is 2.19. The monoisotopic (exact) mass is 278 g/mol. The summed E-state index contributed by atoms with van der Waals surface area (Å²) in [7, 11) is 1.76. The molecule has 0 saturated carbocycles.